The summed E-state index contributed by atoms with van der Waals surface area (Å²) in [6, 6.07) is 7.57. The summed E-state index contributed by atoms with van der Waals surface area (Å²) in [6.07, 6.45) is 2.86. The molecule has 0 saturated heterocycles. The van der Waals surface area contributed by atoms with Crippen molar-refractivity contribution in [2.45, 2.75) is 39.8 Å². The molecular formula is C21H22N4O4. The minimum Gasteiger partial charge on any atom is -0.477 e. The number of pyridine rings is 1. The highest BCUT2D eigenvalue weighted by Crippen LogP contribution is 2.25. The second-order valence-electron chi connectivity index (χ2n) is 7.24. The van der Waals surface area contributed by atoms with Crippen molar-refractivity contribution in [2.24, 2.45) is 0 Å². The highest BCUT2D eigenvalue weighted by molar-refractivity contribution is 5.91. The normalized spacial score (nSPS) is 13.5. The molecule has 0 radical (unpaired) electrons. The lowest BCUT2D eigenvalue weighted by molar-refractivity contribution is -0.129. The van der Waals surface area contributed by atoms with E-state index < -0.39 is 11.5 Å². The van der Waals surface area contributed by atoms with Gasteiger partial charge in [0.25, 0.3) is 5.56 Å². The smallest absolute Gasteiger partial charge is 0.341 e. The number of nitrogens with zero attached hydrogens (tertiary/aromatic N) is 4. The molecule has 1 amide bonds. The van der Waals surface area contributed by atoms with Crippen molar-refractivity contribution in [2.75, 3.05) is 6.54 Å². The summed E-state index contributed by atoms with van der Waals surface area (Å²) in [5.74, 6) is -0.929. The Labute approximate surface area is 167 Å². The predicted octanol–water partition coefficient (Wildman–Crippen LogP) is 2.20. The summed E-state index contributed by atoms with van der Waals surface area (Å²) >= 11 is 0. The van der Waals surface area contributed by atoms with Crippen LogP contribution in [0.5, 0.6) is 0 Å². The summed E-state index contributed by atoms with van der Waals surface area (Å²) in [5.41, 5.74) is 1.22. The van der Waals surface area contributed by atoms with Crippen molar-refractivity contribution >= 4 is 22.8 Å². The van der Waals surface area contributed by atoms with Crippen molar-refractivity contribution in [3.63, 3.8) is 0 Å². The predicted molar refractivity (Wildman–Crippen MR) is 107 cm³/mol. The van der Waals surface area contributed by atoms with Crippen LogP contribution in [0.4, 0.5) is 0 Å². The Hall–Kier alpha value is -3.42. The lowest BCUT2D eigenvalue weighted by Crippen LogP contribution is -2.38. The Balaban J connectivity index is 1.98. The number of carboxylic acid groups (broad SMARTS) is 1. The van der Waals surface area contributed by atoms with Crippen molar-refractivity contribution in [1.29, 1.82) is 0 Å². The van der Waals surface area contributed by atoms with E-state index in [0.717, 1.165) is 17.3 Å². The molecule has 1 aromatic carbocycles. The number of benzene rings is 1. The van der Waals surface area contributed by atoms with Crippen molar-refractivity contribution in [1.82, 2.24) is 19.2 Å². The molecule has 0 saturated carbocycles. The van der Waals surface area contributed by atoms with Crippen molar-refractivity contribution in [3.8, 4) is 5.82 Å². The van der Waals surface area contributed by atoms with E-state index in [0.29, 0.717) is 36.5 Å². The summed E-state index contributed by atoms with van der Waals surface area (Å²) in [5, 5.41) is 15.1. The summed E-state index contributed by atoms with van der Waals surface area (Å²) < 4.78 is 3.15. The van der Waals surface area contributed by atoms with E-state index in [4.69, 9.17) is 0 Å². The maximum absolute atomic E-state index is 13.2. The maximum Gasteiger partial charge on any atom is 0.341 e. The quantitative estimate of drug-likeness (QED) is 0.732. The molecule has 2 aromatic heterocycles. The lowest BCUT2D eigenvalue weighted by Gasteiger charge is -2.29. The van der Waals surface area contributed by atoms with Crippen LogP contribution in [0.1, 0.15) is 41.8 Å². The second kappa shape index (κ2) is 7.20. The molecule has 3 aromatic rings. The van der Waals surface area contributed by atoms with Gasteiger partial charge in [-0.15, -0.1) is 0 Å². The van der Waals surface area contributed by atoms with Crippen LogP contribution in [0.2, 0.25) is 0 Å². The zero-order chi connectivity index (χ0) is 20.7. The van der Waals surface area contributed by atoms with E-state index >= 15 is 0 Å². The third-order valence-electron chi connectivity index (χ3n) is 5.36. The van der Waals surface area contributed by atoms with Gasteiger partial charge in [-0.25, -0.2) is 4.79 Å². The highest BCUT2D eigenvalue weighted by Gasteiger charge is 2.28. The summed E-state index contributed by atoms with van der Waals surface area (Å²) in [7, 11) is 0. The van der Waals surface area contributed by atoms with E-state index in [9.17, 15) is 19.5 Å². The van der Waals surface area contributed by atoms with Gasteiger partial charge in [0.05, 0.1) is 5.52 Å². The molecule has 1 N–H and O–H groups in total. The van der Waals surface area contributed by atoms with Crippen LogP contribution in [0.3, 0.4) is 0 Å². The topological polar surface area (TPSA) is 97.4 Å². The average Bonchev–Trinajstić information content (AvgIpc) is 3.05. The summed E-state index contributed by atoms with van der Waals surface area (Å²) in [6.45, 7) is 4.89. The van der Waals surface area contributed by atoms with Gasteiger partial charge in [-0.2, -0.15) is 5.10 Å². The van der Waals surface area contributed by atoms with Gasteiger partial charge in [-0.1, -0.05) is 19.1 Å². The van der Waals surface area contributed by atoms with E-state index in [-0.39, 0.29) is 18.0 Å². The molecule has 3 heterocycles. The second-order valence-corrected chi connectivity index (χ2v) is 7.24. The number of aryl methyl sites for hydroxylation is 1. The molecule has 0 bridgehead atoms. The first-order chi connectivity index (χ1) is 13.9. The molecule has 0 unspecified atom stereocenters. The fourth-order valence-corrected chi connectivity index (χ4v) is 3.97. The van der Waals surface area contributed by atoms with Crippen LogP contribution in [-0.4, -0.2) is 42.8 Å². The van der Waals surface area contributed by atoms with Crippen molar-refractivity contribution < 1.29 is 14.7 Å². The molecule has 0 spiro atoms. The molecule has 1 aliphatic heterocycles. The first-order valence-corrected chi connectivity index (χ1v) is 9.64. The minimum atomic E-state index is -1.26. The Morgan fingerprint density at radius 2 is 2.00 bits per heavy atom. The molecule has 0 atom stereocenters. The van der Waals surface area contributed by atoms with Gasteiger partial charge in [-0.3, -0.25) is 18.8 Å². The number of rotatable bonds is 4. The highest BCUT2D eigenvalue weighted by atomic mass is 16.4. The average molecular weight is 394 g/mol. The number of hydrogen-bond donors (Lipinski definition) is 1. The third-order valence-corrected chi connectivity index (χ3v) is 5.36. The molecule has 29 heavy (non-hydrogen) atoms. The van der Waals surface area contributed by atoms with Crippen LogP contribution >= 0.6 is 0 Å². The maximum atomic E-state index is 13.2. The van der Waals surface area contributed by atoms with E-state index in [1.54, 1.807) is 11.1 Å². The van der Waals surface area contributed by atoms with Gasteiger partial charge >= 0.3 is 5.97 Å². The molecule has 150 valence electrons. The van der Waals surface area contributed by atoms with Crippen LogP contribution < -0.4 is 5.56 Å². The van der Waals surface area contributed by atoms with E-state index in [1.165, 1.54) is 11.5 Å². The monoisotopic (exact) mass is 394 g/mol. The Kier molecular flexibility index (Phi) is 4.70. The van der Waals surface area contributed by atoms with Gasteiger partial charge in [0.1, 0.15) is 5.56 Å². The van der Waals surface area contributed by atoms with Crippen LogP contribution in [0, 0.1) is 0 Å². The number of para-hydroxylation sites is 1. The van der Waals surface area contributed by atoms with Gasteiger partial charge < -0.3 is 10.0 Å². The zero-order valence-electron chi connectivity index (χ0n) is 16.4. The first kappa shape index (κ1) is 18.9. The van der Waals surface area contributed by atoms with Gasteiger partial charge in [-0.05, 0) is 36.1 Å². The number of amides is 1. The SMILES string of the molecule is CCCn1nc(-n2cc3c(c(C(=O)O)c2=O)CCN(C(C)=O)C3)c2ccccc21. The number of aromatic nitrogens is 3. The van der Waals surface area contributed by atoms with E-state index in [1.807, 2.05) is 35.9 Å². The lowest BCUT2D eigenvalue weighted by atomic mass is 9.96. The molecule has 1 aliphatic rings. The van der Waals surface area contributed by atoms with E-state index in [2.05, 4.69) is 5.10 Å². The summed E-state index contributed by atoms with van der Waals surface area (Å²) in [4.78, 5) is 38.6. The fourth-order valence-electron chi connectivity index (χ4n) is 3.97. The molecular weight excluding hydrogens is 372 g/mol. The molecule has 4 rings (SSSR count). The zero-order valence-corrected chi connectivity index (χ0v) is 16.4. The number of aromatic carboxylic acids is 1. The number of hydrogen-bond acceptors (Lipinski definition) is 4. The van der Waals surface area contributed by atoms with Crippen LogP contribution in [0.25, 0.3) is 16.7 Å². The molecule has 8 heteroatoms. The largest absolute Gasteiger partial charge is 0.477 e. The third kappa shape index (κ3) is 3.10. The van der Waals surface area contributed by atoms with Crippen LogP contribution in [-0.2, 0) is 24.3 Å². The van der Waals surface area contributed by atoms with Gasteiger partial charge in [0.2, 0.25) is 5.91 Å². The number of carbonyl (C=O) groups is 2. The van der Waals surface area contributed by atoms with Crippen molar-refractivity contribution in [3.05, 3.63) is 57.5 Å². The van der Waals surface area contributed by atoms with Crippen LogP contribution in [0.15, 0.2) is 35.3 Å². The molecule has 0 aliphatic carbocycles. The first-order valence-electron chi connectivity index (χ1n) is 9.64. The fraction of sp³-hybridized carbons (Fsp3) is 0.333. The number of carboxylic acids is 1. The standard InChI is InChI=1S/C21H22N4O4/c1-3-9-25-17-7-5-4-6-16(17)19(22-25)24-12-14-11-23(13(2)26)10-8-15(14)18(20(24)27)21(28)29/h4-7,12H,3,8-11H2,1-2H3,(H,28,29). The van der Waals surface area contributed by atoms with Gasteiger partial charge in [0, 0.05) is 38.1 Å². The molecule has 0 fully saturated rings. The van der Waals surface area contributed by atoms with Gasteiger partial charge in [0.15, 0.2) is 5.82 Å². The number of fused-ring (bicyclic) bond motifs is 2. The Bertz CT molecular complexity index is 1190. The Morgan fingerprint density at radius 1 is 1.24 bits per heavy atom. The molecule has 8 nitrogen and oxygen atoms in total. The Morgan fingerprint density at radius 3 is 2.69 bits per heavy atom. The number of carbonyl (C=O) groups excluding carboxylic acids is 1. The minimum absolute atomic E-state index is 0.0806.